The van der Waals surface area contributed by atoms with Crippen molar-refractivity contribution in [1.82, 2.24) is 9.55 Å². The van der Waals surface area contributed by atoms with Gasteiger partial charge in [-0.2, -0.15) is 0 Å². The molecule has 2 aromatic rings. The normalized spacial score (nSPS) is 22.3. The molecule has 3 atom stereocenters. The minimum Gasteiger partial charge on any atom is -0.480 e. The van der Waals surface area contributed by atoms with Crippen molar-refractivity contribution in [2.45, 2.75) is 31.8 Å². The molecule has 0 bridgehead atoms. The fourth-order valence-electron chi connectivity index (χ4n) is 2.83. The molecule has 0 amide bonds. The Morgan fingerprint density at radius 1 is 1.42 bits per heavy atom. The van der Waals surface area contributed by atoms with E-state index in [4.69, 9.17) is 9.47 Å². The smallest absolute Gasteiger partial charge is 0.330 e. The van der Waals surface area contributed by atoms with Crippen molar-refractivity contribution in [3.8, 4) is 5.75 Å². The Labute approximate surface area is 146 Å². The maximum atomic E-state index is 12.0. The van der Waals surface area contributed by atoms with Gasteiger partial charge in [-0.15, -0.1) is 0 Å². The summed E-state index contributed by atoms with van der Waals surface area (Å²) in [6.45, 7) is 1.16. The number of ether oxygens (including phenoxy) is 2. The Bertz CT molecular complexity index is 936. The van der Waals surface area contributed by atoms with Gasteiger partial charge < -0.3 is 14.6 Å². The average molecular weight is 363 g/mol. The molecule has 0 radical (unpaired) electrons. The van der Waals surface area contributed by atoms with E-state index in [0.29, 0.717) is 5.56 Å². The highest BCUT2D eigenvalue weighted by atomic mass is 16.6. The molecule has 0 saturated carbocycles. The Kier molecular flexibility index (Phi) is 4.87. The topological polar surface area (TPSA) is 137 Å². The number of nitro benzene ring substituents is 1. The van der Waals surface area contributed by atoms with Crippen molar-refractivity contribution in [3.05, 3.63) is 67.0 Å². The molecular formula is C16H17N3O7. The van der Waals surface area contributed by atoms with Gasteiger partial charge >= 0.3 is 11.4 Å². The third-order valence-corrected chi connectivity index (χ3v) is 4.16. The molecule has 2 heterocycles. The summed E-state index contributed by atoms with van der Waals surface area (Å²) in [7, 11) is 0. The summed E-state index contributed by atoms with van der Waals surface area (Å²) < 4.78 is 12.6. The van der Waals surface area contributed by atoms with Crippen LogP contribution in [-0.4, -0.2) is 38.4 Å². The van der Waals surface area contributed by atoms with Gasteiger partial charge in [-0.3, -0.25) is 24.5 Å². The van der Waals surface area contributed by atoms with Crippen molar-refractivity contribution in [2.75, 3.05) is 6.61 Å². The number of aliphatic hydroxyl groups excluding tert-OH is 1. The van der Waals surface area contributed by atoms with E-state index in [1.165, 1.54) is 29.0 Å². The quantitative estimate of drug-likeness (QED) is 0.582. The monoisotopic (exact) mass is 363 g/mol. The zero-order valence-corrected chi connectivity index (χ0v) is 13.8. The van der Waals surface area contributed by atoms with Crippen molar-refractivity contribution >= 4 is 5.69 Å². The van der Waals surface area contributed by atoms with Gasteiger partial charge in [0.25, 0.3) is 5.56 Å². The molecule has 1 aromatic carbocycles. The van der Waals surface area contributed by atoms with Gasteiger partial charge in [0.2, 0.25) is 0 Å². The average Bonchev–Trinajstić information content (AvgIpc) is 3.01. The highest BCUT2D eigenvalue weighted by Gasteiger charge is 2.39. The van der Waals surface area contributed by atoms with Gasteiger partial charge in [-0.05, 0) is 13.0 Å². The van der Waals surface area contributed by atoms with Crippen LogP contribution in [0.15, 0.2) is 40.1 Å². The Morgan fingerprint density at radius 3 is 2.85 bits per heavy atom. The summed E-state index contributed by atoms with van der Waals surface area (Å²) in [6.07, 6.45) is -0.719. The molecule has 10 nitrogen and oxygen atoms in total. The van der Waals surface area contributed by atoms with Crippen LogP contribution in [0.2, 0.25) is 0 Å². The highest BCUT2D eigenvalue weighted by molar-refractivity contribution is 5.45. The number of hydrogen-bond donors (Lipinski definition) is 2. The van der Waals surface area contributed by atoms with Crippen LogP contribution < -0.4 is 16.0 Å². The zero-order chi connectivity index (χ0) is 18.8. The molecule has 0 spiro atoms. The van der Waals surface area contributed by atoms with Crippen LogP contribution in [0.4, 0.5) is 5.69 Å². The van der Waals surface area contributed by atoms with Crippen LogP contribution in [0.25, 0.3) is 0 Å². The first-order valence-electron chi connectivity index (χ1n) is 7.89. The second-order valence-corrected chi connectivity index (χ2v) is 5.91. The minimum atomic E-state index is -0.779. The van der Waals surface area contributed by atoms with Crippen LogP contribution in [0.1, 0.15) is 18.2 Å². The molecular weight excluding hydrogens is 346 g/mol. The summed E-state index contributed by atoms with van der Waals surface area (Å²) in [4.78, 5) is 36.2. The lowest BCUT2D eigenvalue weighted by molar-refractivity contribution is -0.386. The van der Waals surface area contributed by atoms with Gasteiger partial charge in [0.15, 0.2) is 5.75 Å². The second kappa shape index (κ2) is 7.10. The van der Waals surface area contributed by atoms with Crippen LogP contribution in [-0.2, 0) is 4.74 Å². The lowest BCUT2D eigenvalue weighted by Crippen LogP contribution is -2.33. The highest BCUT2D eigenvalue weighted by Crippen LogP contribution is 2.34. The molecule has 1 aliphatic heterocycles. The lowest BCUT2D eigenvalue weighted by atomic mass is 10.1. The number of nitro groups is 1. The fraction of sp³-hybridized carbons (Fsp3) is 0.375. The van der Waals surface area contributed by atoms with Crippen molar-refractivity contribution in [2.24, 2.45) is 0 Å². The third-order valence-electron chi connectivity index (χ3n) is 4.16. The summed E-state index contributed by atoms with van der Waals surface area (Å²) in [5, 5.41) is 20.7. The Hall–Kier alpha value is -2.98. The van der Waals surface area contributed by atoms with E-state index in [1.54, 1.807) is 13.0 Å². The summed E-state index contributed by atoms with van der Waals surface area (Å²) >= 11 is 0. The first kappa shape index (κ1) is 17.8. The van der Waals surface area contributed by atoms with Crippen LogP contribution in [0.5, 0.6) is 5.75 Å². The SMILES string of the molecule is Cc1cn([C@H]2C[C@H](Oc3ccccc3[N+](=O)[O-])[C@@H](CO)O2)c(=O)[nH]c1=O. The number of hydrogen-bond acceptors (Lipinski definition) is 7. The van der Waals surface area contributed by atoms with E-state index >= 15 is 0 Å². The van der Waals surface area contributed by atoms with E-state index in [0.717, 1.165) is 0 Å². The maximum Gasteiger partial charge on any atom is 0.330 e. The molecule has 1 saturated heterocycles. The summed E-state index contributed by atoms with van der Waals surface area (Å²) in [5.74, 6) is 0.0511. The molecule has 2 N–H and O–H groups in total. The van der Waals surface area contributed by atoms with Crippen LogP contribution in [0, 0.1) is 17.0 Å². The molecule has 1 aromatic heterocycles. The lowest BCUT2D eigenvalue weighted by Gasteiger charge is -2.17. The number of rotatable bonds is 5. The number of aromatic nitrogens is 2. The molecule has 0 unspecified atom stereocenters. The van der Waals surface area contributed by atoms with E-state index in [-0.39, 0.29) is 24.5 Å². The molecule has 1 aliphatic rings. The maximum absolute atomic E-state index is 12.0. The summed E-state index contributed by atoms with van der Waals surface area (Å²) in [6, 6.07) is 5.88. The Balaban J connectivity index is 1.87. The van der Waals surface area contributed by atoms with Gasteiger partial charge in [0.1, 0.15) is 18.4 Å². The Morgan fingerprint density at radius 2 is 2.15 bits per heavy atom. The number of benzene rings is 1. The van der Waals surface area contributed by atoms with Gasteiger partial charge in [-0.25, -0.2) is 4.79 Å². The first-order chi connectivity index (χ1) is 12.4. The standard InChI is InChI=1S/C16H17N3O7/c1-9-7-18(16(22)17-15(9)21)14-6-12(13(8-20)26-14)25-11-5-3-2-4-10(11)19(23)24/h2-5,7,12-14,20H,6,8H2,1H3,(H,17,21,22)/t12-,13+,14+/m0/s1. The molecule has 26 heavy (non-hydrogen) atoms. The van der Waals surface area contributed by atoms with Crippen LogP contribution >= 0.6 is 0 Å². The van der Waals surface area contributed by atoms with Crippen LogP contribution in [0.3, 0.4) is 0 Å². The van der Waals surface area contributed by atoms with Crippen molar-refractivity contribution < 1.29 is 19.5 Å². The molecule has 138 valence electrons. The zero-order valence-electron chi connectivity index (χ0n) is 13.8. The van der Waals surface area contributed by atoms with Gasteiger partial charge in [0.05, 0.1) is 11.5 Å². The van der Waals surface area contributed by atoms with E-state index in [9.17, 15) is 24.8 Å². The minimum absolute atomic E-state index is 0.0511. The fourth-order valence-corrected chi connectivity index (χ4v) is 2.83. The van der Waals surface area contributed by atoms with E-state index < -0.39 is 34.6 Å². The predicted molar refractivity (Wildman–Crippen MR) is 89.2 cm³/mol. The number of aryl methyl sites for hydroxylation is 1. The van der Waals surface area contributed by atoms with Crippen molar-refractivity contribution in [1.29, 1.82) is 0 Å². The predicted octanol–water partition coefficient (Wildman–Crippen LogP) is 0.481. The van der Waals surface area contributed by atoms with Gasteiger partial charge in [-0.1, -0.05) is 12.1 Å². The molecule has 0 aliphatic carbocycles. The molecule has 3 rings (SSSR count). The van der Waals surface area contributed by atoms with Crippen molar-refractivity contribution in [3.63, 3.8) is 0 Å². The number of para-hydroxylation sites is 2. The number of aliphatic hydroxyl groups is 1. The third kappa shape index (κ3) is 3.37. The molecule has 1 fully saturated rings. The number of H-pyrrole nitrogens is 1. The second-order valence-electron chi connectivity index (χ2n) is 5.91. The number of nitrogens with one attached hydrogen (secondary N) is 1. The number of nitrogens with zero attached hydrogens (tertiary/aromatic N) is 2. The van der Waals surface area contributed by atoms with E-state index in [2.05, 4.69) is 4.98 Å². The van der Waals surface area contributed by atoms with Gasteiger partial charge in [0, 0.05) is 24.2 Å². The number of aromatic amines is 1. The van der Waals surface area contributed by atoms with E-state index in [1.807, 2.05) is 0 Å². The molecule has 10 heteroatoms. The largest absolute Gasteiger partial charge is 0.480 e. The summed E-state index contributed by atoms with van der Waals surface area (Å²) in [5.41, 5.74) is -1.01. The first-order valence-corrected chi connectivity index (χ1v) is 7.89.